The first-order valence-corrected chi connectivity index (χ1v) is 6.90. The normalized spacial score (nSPS) is 10.5. The van der Waals surface area contributed by atoms with Crippen LogP contribution in [0.2, 0.25) is 0 Å². The number of benzene rings is 2. The van der Waals surface area contributed by atoms with Gasteiger partial charge in [0.2, 0.25) is 5.91 Å². The van der Waals surface area contributed by atoms with Gasteiger partial charge in [-0.05, 0) is 37.3 Å². The highest BCUT2D eigenvalue weighted by Crippen LogP contribution is 2.24. The number of anilines is 1. The first-order valence-electron chi connectivity index (χ1n) is 6.90. The molecule has 2 aromatic rings. The molecule has 1 N–H and O–H groups in total. The van der Waals surface area contributed by atoms with Crippen LogP contribution in [0.3, 0.4) is 0 Å². The van der Waals surface area contributed by atoms with Crippen molar-refractivity contribution < 1.29 is 14.3 Å². The zero-order valence-corrected chi connectivity index (χ0v) is 12.9. The Morgan fingerprint density at radius 1 is 1.05 bits per heavy atom. The summed E-state index contributed by atoms with van der Waals surface area (Å²) in [5.41, 5.74) is 2.60. The van der Waals surface area contributed by atoms with Gasteiger partial charge in [-0.15, -0.1) is 0 Å². The van der Waals surface area contributed by atoms with Crippen molar-refractivity contribution in [1.29, 1.82) is 0 Å². The predicted octanol–water partition coefficient (Wildman–Crippen LogP) is 3.66. The van der Waals surface area contributed by atoms with Crippen LogP contribution in [-0.4, -0.2) is 20.1 Å². The van der Waals surface area contributed by atoms with E-state index in [1.165, 1.54) is 6.08 Å². The molecule has 2 aromatic carbocycles. The van der Waals surface area contributed by atoms with Crippen LogP contribution in [0.25, 0.3) is 6.08 Å². The second-order valence-electron chi connectivity index (χ2n) is 4.77. The number of aryl methyl sites for hydroxylation is 1. The van der Waals surface area contributed by atoms with Gasteiger partial charge < -0.3 is 14.8 Å². The molecule has 0 unspecified atom stereocenters. The number of hydrogen-bond acceptors (Lipinski definition) is 3. The van der Waals surface area contributed by atoms with E-state index in [1.807, 2.05) is 37.3 Å². The molecule has 0 aliphatic rings. The third-order valence-corrected chi connectivity index (χ3v) is 3.16. The molecule has 0 heterocycles. The van der Waals surface area contributed by atoms with E-state index in [0.717, 1.165) is 16.9 Å². The van der Waals surface area contributed by atoms with Gasteiger partial charge in [0, 0.05) is 11.6 Å². The van der Waals surface area contributed by atoms with Crippen molar-refractivity contribution in [3.8, 4) is 11.5 Å². The Labute approximate surface area is 130 Å². The SMILES string of the molecule is COc1ccc(C)cc1/C=C/C(=O)Nc1ccccc1OC. The Kier molecular flexibility index (Phi) is 5.20. The number of carbonyl (C=O) groups is 1. The molecule has 0 fully saturated rings. The topological polar surface area (TPSA) is 47.6 Å². The zero-order valence-electron chi connectivity index (χ0n) is 12.9. The molecule has 0 aliphatic carbocycles. The van der Waals surface area contributed by atoms with Gasteiger partial charge in [0.1, 0.15) is 11.5 Å². The van der Waals surface area contributed by atoms with Crippen molar-refractivity contribution in [2.45, 2.75) is 6.92 Å². The highest BCUT2D eigenvalue weighted by molar-refractivity contribution is 6.02. The minimum Gasteiger partial charge on any atom is -0.496 e. The molecule has 4 heteroatoms. The quantitative estimate of drug-likeness (QED) is 0.857. The molecule has 4 nitrogen and oxygen atoms in total. The molecular weight excluding hydrogens is 278 g/mol. The standard InChI is InChI=1S/C18H19NO3/c1-13-8-10-16(21-2)14(12-13)9-11-18(20)19-15-6-4-5-7-17(15)22-3/h4-12H,1-3H3,(H,19,20)/b11-9+. The summed E-state index contributed by atoms with van der Waals surface area (Å²) < 4.78 is 10.5. The van der Waals surface area contributed by atoms with E-state index in [-0.39, 0.29) is 5.91 Å². The average Bonchev–Trinajstić information content (AvgIpc) is 2.53. The molecular formula is C18H19NO3. The van der Waals surface area contributed by atoms with Crippen LogP contribution >= 0.6 is 0 Å². The number of rotatable bonds is 5. The van der Waals surface area contributed by atoms with Gasteiger partial charge in [0.25, 0.3) is 0 Å². The van der Waals surface area contributed by atoms with E-state index in [4.69, 9.17) is 9.47 Å². The molecule has 0 saturated heterocycles. The molecule has 0 aliphatic heterocycles. The number of amides is 1. The van der Waals surface area contributed by atoms with Crippen molar-refractivity contribution in [3.05, 3.63) is 59.7 Å². The average molecular weight is 297 g/mol. The summed E-state index contributed by atoms with van der Waals surface area (Å²) >= 11 is 0. The number of nitrogens with one attached hydrogen (secondary N) is 1. The van der Waals surface area contributed by atoms with Crippen molar-refractivity contribution >= 4 is 17.7 Å². The van der Waals surface area contributed by atoms with Crippen LogP contribution in [-0.2, 0) is 4.79 Å². The monoisotopic (exact) mass is 297 g/mol. The number of methoxy groups -OCH3 is 2. The van der Waals surface area contributed by atoms with Gasteiger partial charge in [0.15, 0.2) is 0 Å². The Hall–Kier alpha value is -2.75. The van der Waals surface area contributed by atoms with Gasteiger partial charge in [-0.1, -0.05) is 23.8 Å². The van der Waals surface area contributed by atoms with Crippen molar-refractivity contribution in [2.24, 2.45) is 0 Å². The molecule has 0 spiro atoms. The second kappa shape index (κ2) is 7.31. The molecule has 0 aromatic heterocycles. The first-order chi connectivity index (χ1) is 10.6. The first kappa shape index (κ1) is 15.6. The third kappa shape index (κ3) is 3.88. The minimum absolute atomic E-state index is 0.229. The van der Waals surface area contributed by atoms with Gasteiger partial charge in [-0.2, -0.15) is 0 Å². The molecule has 114 valence electrons. The van der Waals surface area contributed by atoms with Crippen molar-refractivity contribution in [2.75, 3.05) is 19.5 Å². The van der Waals surface area contributed by atoms with Gasteiger partial charge in [-0.3, -0.25) is 4.79 Å². The Morgan fingerprint density at radius 3 is 2.50 bits per heavy atom. The lowest BCUT2D eigenvalue weighted by Crippen LogP contribution is -2.08. The largest absolute Gasteiger partial charge is 0.496 e. The zero-order chi connectivity index (χ0) is 15.9. The lowest BCUT2D eigenvalue weighted by atomic mass is 10.1. The highest BCUT2D eigenvalue weighted by atomic mass is 16.5. The maximum absolute atomic E-state index is 12.0. The van der Waals surface area contributed by atoms with Gasteiger partial charge in [-0.25, -0.2) is 0 Å². The van der Waals surface area contributed by atoms with Crippen LogP contribution in [0.5, 0.6) is 11.5 Å². The van der Waals surface area contributed by atoms with Gasteiger partial charge >= 0.3 is 0 Å². The maximum atomic E-state index is 12.0. The molecule has 0 saturated carbocycles. The lowest BCUT2D eigenvalue weighted by molar-refractivity contribution is -0.111. The lowest BCUT2D eigenvalue weighted by Gasteiger charge is -2.08. The number of carbonyl (C=O) groups excluding carboxylic acids is 1. The molecule has 0 bridgehead atoms. The fraction of sp³-hybridized carbons (Fsp3) is 0.167. The number of hydrogen-bond donors (Lipinski definition) is 1. The van der Waals surface area contributed by atoms with Gasteiger partial charge in [0.05, 0.1) is 19.9 Å². The fourth-order valence-corrected chi connectivity index (χ4v) is 2.07. The van der Waals surface area contributed by atoms with Crippen LogP contribution in [0.15, 0.2) is 48.5 Å². The number of para-hydroxylation sites is 2. The summed E-state index contributed by atoms with van der Waals surface area (Å²) in [4.78, 5) is 12.0. The Bertz CT molecular complexity index is 692. The van der Waals surface area contributed by atoms with E-state index < -0.39 is 0 Å². The van der Waals surface area contributed by atoms with Crippen molar-refractivity contribution in [3.63, 3.8) is 0 Å². The van der Waals surface area contributed by atoms with E-state index in [2.05, 4.69) is 5.32 Å². The smallest absolute Gasteiger partial charge is 0.248 e. The third-order valence-electron chi connectivity index (χ3n) is 3.16. The molecule has 2 rings (SSSR count). The summed E-state index contributed by atoms with van der Waals surface area (Å²) in [6.07, 6.45) is 3.21. The second-order valence-corrected chi connectivity index (χ2v) is 4.77. The molecule has 0 radical (unpaired) electrons. The van der Waals surface area contributed by atoms with E-state index in [9.17, 15) is 4.79 Å². The van der Waals surface area contributed by atoms with Crippen LogP contribution < -0.4 is 14.8 Å². The Balaban J connectivity index is 2.13. The number of ether oxygens (including phenoxy) is 2. The summed E-state index contributed by atoms with van der Waals surface area (Å²) in [6, 6.07) is 13.1. The highest BCUT2D eigenvalue weighted by Gasteiger charge is 2.05. The molecule has 0 atom stereocenters. The van der Waals surface area contributed by atoms with Crippen molar-refractivity contribution in [1.82, 2.24) is 0 Å². The summed E-state index contributed by atoms with van der Waals surface area (Å²) in [7, 11) is 3.18. The van der Waals surface area contributed by atoms with Crippen LogP contribution in [0, 0.1) is 6.92 Å². The summed E-state index contributed by atoms with van der Waals surface area (Å²) in [5, 5.41) is 2.79. The summed E-state index contributed by atoms with van der Waals surface area (Å²) in [6.45, 7) is 1.99. The predicted molar refractivity (Wildman–Crippen MR) is 88.4 cm³/mol. The van der Waals surface area contributed by atoms with E-state index >= 15 is 0 Å². The maximum Gasteiger partial charge on any atom is 0.248 e. The summed E-state index contributed by atoms with van der Waals surface area (Å²) in [5.74, 6) is 1.12. The van der Waals surface area contributed by atoms with E-state index in [0.29, 0.717) is 11.4 Å². The Morgan fingerprint density at radius 2 is 1.77 bits per heavy atom. The molecule has 1 amide bonds. The fourth-order valence-electron chi connectivity index (χ4n) is 2.07. The minimum atomic E-state index is -0.229. The van der Waals surface area contributed by atoms with E-state index in [1.54, 1.807) is 32.4 Å². The van der Waals surface area contributed by atoms with Crippen LogP contribution in [0.4, 0.5) is 5.69 Å². The van der Waals surface area contributed by atoms with Crippen LogP contribution in [0.1, 0.15) is 11.1 Å². The molecule has 22 heavy (non-hydrogen) atoms.